The maximum Gasteiger partial charge on any atom is 0.226 e. The first-order chi connectivity index (χ1) is 12.8. The summed E-state index contributed by atoms with van der Waals surface area (Å²) in [6.45, 7) is 6.02. The fourth-order valence-corrected chi connectivity index (χ4v) is 3.06. The Hall–Kier alpha value is -2.53. The topological polar surface area (TPSA) is 53.6 Å². The molecule has 1 amide bonds. The van der Waals surface area contributed by atoms with Crippen LogP contribution in [0, 0.1) is 0 Å². The van der Waals surface area contributed by atoms with Crippen molar-refractivity contribution in [3.63, 3.8) is 0 Å². The molecule has 2 N–H and O–H groups in total. The molecule has 0 bridgehead atoms. The molecule has 1 aliphatic heterocycles. The van der Waals surface area contributed by atoms with Gasteiger partial charge in [-0.1, -0.05) is 31.2 Å². The van der Waals surface area contributed by atoms with Gasteiger partial charge in [-0.25, -0.2) is 0 Å². The van der Waals surface area contributed by atoms with Crippen molar-refractivity contribution in [3.05, 3.63) is 54.1 Å². The fourth-order valence-electron chi connectivity index (χ4n) is 3.06. The van der Waals surface area contributed by atoms with Crippen LogP contribution in [0.1, 0.15) is 18.9 Å². The Kier molecular flexibility index (Phi) is 6.50. The number of hydrogen-bond acceptors (Lipinski definition) is 4. The molecule has 0 saturated carbocycles. The van der Waals surface area contributed by atoms with Crippen LogP contribution < -0.4 is 15.5 Å². The quantitative estimate of drug-likeness (QED) is 0.800. The van der Waals surface area contributed by atoms with Gasteiger partial charge in [-0.15, -0.1) is 0 Å². The minimum absolute atomic E-state index is 0.0191. The molecule has 1 saturated heterocycles. The molecule has 0 aromatic heterocycles. The molecule has 138 valence electrons. The van der Waals surface area contributed by atoms with E-state index in [0.717, 1.165) is 44.1 Å². The maximum atomic E-state index is 12.2. The second kappa shape index (κ2) is 9.25. The van der Waals surface area contributed by atoms with Gasteiger partial charge in [0.1, 0.15) is 0 Å². The van der Waals surface area contributed by atoms with E-state index in [0.29, 0.717) is 13.0 Å². The first-order valence-corrected chi connectivity index (χ1v) is 9.30. The first-order valence-electron chi connectivity index (χ1n) is 9.30. The van der Waals surface area contributed by atoms with Gasteiger partial charge in [0.25, 0.3) is 0 Å². The predicted octanol–water partition coefficient (Wildman–Crippen LogP) is 3.53. The summed E-state index contributed by atoms with van der Waals surface area (Å²) in [5.41, 5.74) is 4.35. The molecule has 0 spiro atoms. The van der Waals surface area contributed by atoms with E-state index >= 15 is 0 Å². The van der Waals surface area contributed by atoms with E-state index in [1.807, 2.05) is 36.4 Å². The summed E-state index contributed by atoms with van der Waals surface area (Å²) in [5.74, 6) is 0.0191. The van der Waals surface area contributed by atoms with Gasteiger partial charge in [-0.3, -0.25) is 4.79 Å². The number of amides is 1. The highest BCUT2D eigenvalue weighted by Crippen LogP contribution is 2.26. The Labute approximate surface area is 155 Å². The van der Waals surface area contributed by atoms with Crippen LogP contribution in [0.2, 0.25) is 0 Å². The monoisotopic (exact) mass is 353 g/mol. The molecule has 5 heteroatoms. The summed E-state index contributed by atoms with van der Waals surface area (Å²) in [5, 5.41) is 6.35. The highest BCUT2D eigenvalue weighted by molar-refractivity contribution is 5.91. The van der Waals surface area contributed by atoms with Crippen LogP contribution >= 0.6 is 0 Å². The molecule has 1 fully saturated rings. The third kappa shape index (κ3) is 4.99. The Bertz CT molecular complexity index is 709. The molecule has 26 heavy (non-hydrogen) atoms. The molecule has 1 aliphatic rings. The Balaban J connectivity index is 1.50. The van der Waals surface area contributed by atoms with Gasteiger partial charge in [-0.05, 0) is 36.2 Å². The summed E-state index contributed by atoms with van der Waals surface area (Å²) in [7, 11) is 0. The summed E-state index contributed by atoms with van der Waals surface area (Å²) in [6, 6.07) is 16.2. The smallest absolute Gasteiger partial charge is 0.226 e. The SMILES string of the molecule is CCc1ccc(NC(=O)CCNc2ccccc2N2CCOCC2)cc1. The highest BCUT2D eigenvalue weighted by Gasteiger charge is 2.14. The van der Waals surface area contributed by atoms with Gasteiger partial charge in [-0.2, -0.15) is 0 Å². The van der Waals surface area contributed by atoms with E-state index in [-0.39, 0.29) is 5.91 Å². The molecule has 0 atom stereocenters. The van der Waals surface area contributed by atoms with Crippen molar-refractivity contribution in [1.29, 1.82) is 0 Å². The van der Waals surface area contributed by atoms with E-state index in [9.17, 15) is 4.79 Å². The number of aryl methyl sites for hydroxylation is 1. The van der Waals surface area contributed by atoms with Crippen molar-refractivity contribution in [2.45, 2.75) is 19.8 Å². The number of morpholine rings is 1. The molecule has 1 heterocycles. The molecule has 0 aliphatic carbocycles. The third-order valence-electron chi connectivity index (χ3n) is 4.57. The third-order valence-corrected chi connectivity index (χ3v) is 4.57. The lowest BCUT2D eigenvalue weighted by Gasteiger charge is -2.30. The zero-order chi connectivity index (χ0) is 18.2. The zero-order valence-electron chi connectivity index (χ0n) is 15.3. The van der Waals surface area contributed by atoms with Crippen LogP contribution in [-0.4, -0.2) is 38.8 Å². The molecule has 3 rings (SSSR count). The van der Waals surface area contributed by atoms with Crippen molar-refractivity contribution in [2.24, 2.45) is 0 Å². The van der Waals surface area contributed by atoms with Crippen molar-refractivity contribution in [3.8, 4) is 0 Å². The zero-order valence-corrected chi connectivity index (χ0v) is 15.3. The van der Waals surface area contributed by atoms with E-state index in [4.69, 9.17) is 4.74 Å². The maximum absolute atomic E-state index is 12.2. The summed E-state index contributed by atoms with van der Waals surface area (Å²) >= 11 is 0. The van der Waals surface area contributed by atoms with Gasteiger partial charge in [0.15, 0.2) is 0 Å². The molecule has 2 aromatic carbocycles. The van der Waals surface area contributed by atoms with Crippen LogP contribution in [0.5, 0.6) is 0 Å². The van der Waals surface area contributed by atoms with Crippen molar-refractivity contribution in [1.82, 2.24) is 0 Å². The summed E-state index contributed by atoms with van der Waals surface area (Å²) in [4.78, 5) is 14.5. The molecular formula is C21H27N3O2. The van der Waals surface area contributed by atoms with Crippen molar-refractivity contribution < 1.29 is 9.53 Å². The number of para-hydroxylation sites is 2. The number of anilines is 3. The lowest BCUT2D eigenvalue weighted by atomic mass is 10.1. The second-order valence-electron chi connectivity index (χ2n) is 6.39. The molecule has 2 aromatic rings. The molecule has 0 unspecified atom stereocenters. The summed E-state index contributed by atoms with van der Waals surface area (Å²) in [6.07, 6.45) is 1.42. The molecular weight excluding hydrogens is 326 g/mol. The van der Waals surface area contributed by atoms with Crippen molar-refractivity contribution in [2.75, 3.05) is 48.4 Å². The van der Waals surface area contributed by atoms with Crippen LogP contribution in [0.3, 0.4) is 0 Å². The van der Waals surface area contributed by atoms with E-state index in [1.165, 1.54) is 11.3 Å². The number of ether oxygens (including phenoxy) is 1. The minimum Gasteiger partial charge on any atom is -0.383 e. The first kappa shape index (κ1) is 18.3. The van der Waals surface area contributed by atoms with Gasteiger partial charge < -0.3 is 20.3 Å². The van der Waals surface area contributed by atoms with Crippen LogP contribution in [0.25, 0.3) is 0 Å². The number of carbonyl (C=O) groups is 1. The van der Waals surface area contributed by atoms with Gasteiger partial charge in [0, 0.05) is 31.7 Å². The van der Waals surface area contributed by atoms with E-state index in [1.54, 1.807) is 0 Å². The predicted molar refractivity (Wildman–Crippen MR) is 107 cm³/mol. The molecule has 5 nitrogen and oxygen atoms in total. The number of carbonyl (C=O) groups excluding carboxylic acids is 1. The Morgan fingerprint density at radius 2 is 1.81 bits per heavy atom. The summed E-state index contributed by atoms with van der Waals surface area (Å²) < 4.78 is 5.43. The van der Waals surface area contributed by atoms with Crippen LogP contribution in [-0.2, 0) is 16.0 Å². The van der Waals surface area contributed by atoms with Crippen LogP contribution in [0.4, 0.5) is 17.1 Å². The minimum atomic E-state index is 0.0191. The number of rotatable bonds is 7. The van der Waals surface area contributed by atoms with E-state index in [2.05, 4.69) is 34.6 Å². The van der Waals surface area contributed by atoms with Gasteiger partial charge in [0.2, 0.25) is 5.91 Å². The normalized spacial score (nSPS) is 14.1. The van der Waals surface area contributed by atoms with Gasteiger partial charge >= 0.3 is 0 Å². The number of nitrogens with zero attached hydrogens (tertiary/aromatic N) is 1. The highest BCUT2D eigenvalue weighted by atomic mass is 16.5. The Morgan fingerprint density at radius 1 is 1.08 bits per heavy atom. The average molecular weight is 353 g/mol. The average Bonchev–Trinajstić information content (AvgIpc) is 2.69. The molecule has 0 radical (unpaired) electrons. The van der Waals surface area contributed by atoms with Crippen LogP contribution in [0.15, 0.2) is 48.5 Å². The Morgan fingerprint density at radius 3 is 2.54 bits per heavy atom. The number of nitrogens with one attached hydrogen (secondary N) is 2. The second-order valence-corrected chi connectivity index (χ2v) is 6.39. The number of hydrogen-bond donors (Lipinski definition) is 2. The lowest BCUT2D eigenvalue weighted by Crippen LogP contribution is -2.36. The van der Waals surface area contributed by atoms with E-state index < -0.39 is 0 Å². The van der Waals surface area contributed by atoms with Crippen molar-refractivity contribution >= 4 is 23.0 Å². The lowest BCUT2D eigenvalue weighted by molar-refractivity contribution is -0.115. The number of benzene rings is 2. The standard InChI is InChI=1S/C21H27N3O2/c1-2-17-7-9-18(10-8-17)23-21(25)11-12-22-19-5-3-4-6-20(19)24-13-15-26-16-14-24/h3-10,22H,2,11-16H2,1H3,(H,23,25). The largest absolute Gasteiger partial charge is 0.383 e. The van der Waals surface area contributed by atoms with Gasteiger partial charge in [0.05, 0.1) is 24.6 Å². The fraction of sp³-hybridized carbons (Fsp3) is 0.381.